The van der Waals surface area contributed by atoms with Crippen LogP contribution in [0.4, 0.5) is 4.79 Å². The first kappa shape index (κ1) is 41.2. The van der Waals surface area contributed by atoms with Gasteiger partial charge in [-0.25, -0.2) is 9.59 Å². The van der Waals surface area contributed by atoms with Crippen molar-refractivity contribution in [3.05, 3.63) is 71.2 Å². The minimum absolute atomic E-state index is 0.0171. The number of allylic oxidation sites excluding steroid dienone is 5. The molecule has 0 spiro atoms. The van der Waals surface area contributed by atoms with Crippen LogP contribution in [0.25, 0.3) is 0 Å². The van der Waals surface area contributed by atoms with E-state index in [0.29, 0.717) is 24.3 Å². The molecule has 1 aliphatic rings. The third-order valence-electron chi connectivity index (χ3n) is 6.34. The van der Waals surface area contributed by atoms with Crippen LogP contribution in [0.3, 0.4) is 0 Å². The van der Waals surface area contributed by atoms with Gasteiger partial charge in [0.2, 0.25) is 11.8 Å². The number of hydrogen-bond acceptors (Lipinski definition) is 7. The van der Waals surface area contributed by atoms with Gasteiger partial charge < -0.3 is 30.2 Å². The molecular formula is C34H52ClN3O7. The van der Waals surface area contributed by atoms with E-state index in [1.165, 1.54) is 26.4 Å². The van der Waals surface area contributed by atoms with Gasteiger partial charge in [0.15, 0.2) is 5.76 Å². The molecule has 252 valence electrons. The first-order valence-corrected chi connectivity index (χ1v) is 15.5. The Bertz CT molecular complexity index is 1160. The minimum Gasteiger partial charge on any atom is -0.490 e. The van der Waals surface area contributed by atoms with Crippen LogP contribution in [0.1, 0.15) is 74.7 Å². The number of carbonyl (C=O) groups excluding carboxylic acids is 4. The molecule has 4 unspecified atom stereocenters. The van der Waals surface area contributed by atoms with Crippen LogP contribution < -0.4 is 16.0 Å². The average molecular weight is 650 g/mol. The molecule has 0 aromatic rings. The largest absolute Gasteiger partial charge is 0.490 e. The molecule has 0 aromatic heterocycles. The van der Waals surface area contributed by atoms with E-state index in [-0.39, 0.29) is 23.7 Å². The number of ether oxygens (including phenoxy) is 3. The Hall–Kier alpha value is -3.79. The predicted octanol–water partition coefficient (Wildman–Crippen LogP) is 6.36. The van der Waals surface area contributed by atoms with Gasteiger partial charge >= 0.3 is 12.1 Å². The van der Waals surface area contributed by atoms with Gasteiger partial charge in [-0.1, -0.05) is 95.2 Å². The maximum Gasteiger partial charge on any atom is 0.407 e. The molecule has 10 nitrogen and oxygen atoms in total. The van der Waals surface area contributed by atoms with Crippen LogP contribution in [-0.4, -0.2) is 56.3 Å². The summed E-state index contributed by atoms with van der Waals surface area (Å²) >= 11 is 5.89. The fraction of sp³-hybridized carbons (Fsp3) is 0.529. The van der Waals surface area contributed by atoms with Gasteiger partial charge in [-0.05, 0) is 31.5 Å². The average Bonchev–Trinajstić information content (AvgIpc) is 2.98. The van der Waals surface area contributed by atoms with E-state index in [1.807, 2.05) is 60.6 Å². The van der Waals surface area contributed by atoms with Crippen LogP contribution in [-0.2, 0) is 28.6 Å². The molecule has 1 aliphatic heterocycles. The number of alkyl carbamates (subject to hydrolysis) is 1. The first-order chi connectivity index (χ1) is 21.2. The first-order valence-electron chi connectivity index (χ1n) is 15.1. The monoisotopic (exact) mass is 649 g/mol. The molecule has 0 saturated heterocycles. The van der Waals surface area contributed by atoms with Crippen LogP contribution in [0, 0.1) is 11.3 Å². The highest BCUT2D eigenvalue weighted by atomic mass is 35.5. The molecule has 0 aliphatic carbocycles. The van der Waals surface area contributed by atoms with Crippen molar-refractivity contribution in [3.63, 3.8) is 0 Å². The molecule has 0 radical (unpaired) electrons. The third kappa shape index (κ3) is 17.3. The second kappa shape index (κ2) is 21.8. The van der Waals surface area contributed by atoms with Gasteiger partial charge in [-0.2, -0.15) is 0 Å². The van der Waals surface area contributed by atoms with E-state index in [9.17, 15) is 19.2 Å². The quantitative estimate of drug-likeness (QED) is 0.113. The molecule has 0 aromatic carbocycles. The Morgan fingerprint density at radius 2 is 1.78 bits per heavy atom. The van der Waals surface area contributed by atoms with Crippen molar-refractivity contribution in [2.45, 2.75) is 92.9 Å². The molecule has 11 heteroatoms. The number of methoxy groups -OCH3 is 1. The number of carbonyl (C=O) groups is 4. The Labute approximate surface area is 274 Å². The van der Waals surface area contributed by atoms with E-state index >= 15 is 0 Å². The number of hydrogen-bond donors (Lipinski definition) is 3. The van der Waals surface area contributed by atoms with Crippen molar-refractivity contribution in [2.75, 3.05) is 14.2 Å². The van der Waals surface area contributed by atoms with Crippen molar-refractivity contribution in [3.8, 4) is 0 Å². The van der Waals surface area contributed by atoms with Crippen molar-refractivity contribution < 1.29 is 33.4 Å². The molecule has 1 heterocycles. The number of halogens is 1. The van der Waals surface area contributed by atoms with Crippen molar-refractivity contribution in [1.29, 1.82) is 0 Å². The molecule has 0 saturated carbocycles. The molecule has 45 heavy (non-hydrogen) atoms. The van der Waals surface area contributed by atoms with Crippen molar-refractivity contribution >= 4 is 35.5 Å². The smallest absolute Gasteiger partial charge is 0.407 e. The highest BCUT2D eigenvalue weighted by Crippen LogP contribution is 2.23. The maximum absolute atomic E-state index is 12.9. The highest BCUT2D eigenvalue weighted by molar-refractivity contribution is 6.29. The SMILES string of the molecule is CC.CNC(=O)OC(C/C=C\NC(=O)C(NC(=O)/C=C/C=C\C(C)=C\C(C)C1CC=C(OC)C(=O)O1)C(C)(C)C)C/C=C(\C)Cl. The standard InChI is InChI=1S/C32H46ClN3O7.C2H6/c1-21(20-22(2)25-17-18-26(41-8)30(39)43-25)12-9-10-14-27(37)36-28(32(4,5)6)29(38)35-19-11-13-24(16-15-23(3)33)42-31(40)34-7;1-2/h9-12,14-15,18-20,22,24-25,28H,13,16-17H2,1-8H3,(H,34,40)(H,35,38)(H,36,37);1-2H3/b12-9-,14-10+,19-11-,21-20+,23-15+;. The van der Waals surface area contributed by atoms with Gasteiger partial charge in [0.1, 0.15) is 18.2 Å². The second-order valence-corrected chi connectivity index (χ2v) is 11.8. The Morgan fingerprint density at radius 1 is 1.13 bits per heavy atom. The zero-order chi connectivity index (χ0) is 34.6. The molecule has 4 atom stereocenters. The van der Waals surface area contributed by atoms with Gasteiger partial charge in [0.25, 0.3) is 0 Å². The summed E-state index contributed by atoms with van der Waals surface area (Å²) in [5.41, 5.74) is 0.368. The normalized spacial score (nSPS) is 17.9. The number of cyclic esters (lactones) is 1. The number of rotatable bonds is 14. The lowest BCUT2D eigenvalue weighted by molar-refractivity contribution is -0.151. The Kier molecular flexibility index (Phi) is 20.0. The van der Waals surface area contributed by atoms with E-state index in [4.69, 9.17) is 25.8 Å². The molecule has 0 bridgehead atoms. The Balaban J connectivity index is 0.00000947. The summed E-state index contributed by atoms with van der Waals surface area (Å²) in [6.07, 6.45) is 15.2. The summed E-state index contributed by atoms with van der Waals surface area (Å²) < 4.78 is 15.7. The second-order valence-electron chi connectivity index (χ2n) is 11.2. The van der Waals surface area contributed by atoms with Gasteiger partial charge in [0.05, 0.1) is 7.11 Å². The number of amides is 3. The predicted molar refractivity (Wildman–Crippen MR) is 179 cm³/mol. The van der Waals surface area contributed by atoms with E-state index in [1.54, 1.807) is 37.3 Å². The fourth-order valence-corrected chi connectivity index (χ4v) is 4.06. The summed E-state index contributed by atoms with van der Waals surface area (Å²) in [6.45, 7) is 15.2. The summed E-state index contributed by atoms with van der Waals surface area (Å²) in [5.74, 6) is -1.07. The molecular weight excluding hydrogens is 598 g/mol. The molecule has 0 fully saturated rings. The topological polar surface area (TPSA) is 132 Å². The fourth-order valence-electron chi connectivity index (χ4n) is 3.97. The summed E-state index contributed by atoms with van der Waals surface area (Å²) in [5, 5.41) is 8.45. The number of esters is 1. The zero-order valence-electron chi connectivity index (χ0n) is 28.4. The lowest BCUT2D eigenvalue weighted by Crippen LogP contribution is -2.52. The Morgan fingerprint density at radius 3 is 2.33 bits per heavy atom. The summed E-state index contributed by atoms with van der Waals surface area (Å²) in [7, 11) is 2.91. The zero-order valence-corrected chi connectivity index (χ0v) is 29.1. The van der Waals surface area contributed by atoms with E-state index in [2.05, 4.69) is 16.0 Å². The van der Waals surface area contributed by atoms with Crippen LogP contribution >= 0.6 is 11.6 Å². The molecule has 1 rings (SSSR count). The van der Waals surface area contributed by atoms with Crippen LogP contribution in [0.15, 0.2) is 71.2 Å². The van der Waals surface area contributed by atoms with Crippen molar-refractivity contribution in [1.82, 2.24) is 16.0 Å². The van der Waals surface area contributed by atoms with Crippen molar-refractivity contribution in [2.24, 2.45) is 11.3 Å². The van der Waals surface area contributed by atoms with Gasteiger partial charge in [-0.3, -0.25) is 9.59 Å². The van der Waals surface area contributed by atoms with E-state index < -0.39 is 35.5 Å². The van der Waals surface area contributed by atoms with Crippen LogP contribution in [0.5, 0.6) is 0 Å². The summed E-state index contributed by atoms with van der Waals surface area (Å²) in [4.78, 5) is 49.1. The lowest BCUT2D eigenvalue weighted by Gasteiger charge is -2.29. The molecule has 3 amide bonds. The lowest BCUT2D eigenvalue weighted by atomic mass is 9.86. The van der Waals surface area contributed by atoms with Crippen LogP contribution in [0.2, 0.25) is 0 Å². The molecule has 3 N–H and O–H groups in total. The number of nitrogens with one attached hydrogen (secondary N) is 3. The van der Waals surface area contributed by atoms with Gasteiger partial charge in [-0.15, -0.1) is 0 Å². The maximum atomic E-state index is 12.9. The minimum atomic E-state index is -0.814. The highest BCUT2D eigenvalue weighted by Gasteiger charge is 2.32. The summed E-state index contributed by atoms with van der Waals surface area (Å²) in [6, 6.07) is -0.814. The third-order valence-corrected chi connectivity index (χ3v) is 6.50. The van der Waals surface area contributed by atoms with Gasteiger partial charge in [0, 0.05) is 43.3 Å². The van der Waals surface area contributed by atoms with E-state index in [0.717, 1.165) is 5.57 Å².